The number of ether oxygens (including phenoxy) is 1. The minimum Gasteiger partial charge on any atom is -0.497 e. The molecule has 1 aliphatic rings. The third-order valence-corrected chi connectivity index (χ3v) is 7.13. The second-order valence-electron chi connectivity index (χ2n) is 7.57. The van der Waals surface area contributed by atoms with E-state index in [2.05, 4.69) is 5.32 Å². The van der Waals surface area contributed by atoms with Crippen molar-refractivity contribution in [1.82, 2.24) is 4.31 Å². The fourth-order valence-corrected chi connectivity index (χ4v) is 5.54. The van der Waals surface area contributed by atoms with Gasteiger partial charge in [-0.15, -0.1) is 0 Å². The Morgan fingerprint density at radius 1 is 1.10 bits per heavy atom. The van der Waals surface area contributed by atoms with Crippen LogP contribution in [0, 0.1) is 13.8 Å². The molecule has 0 aromatic heterocycles. The quantitative estimate of drug-likeness (QED) is 0.775. The maximum Gasteiger partial charge on any atom is 0.243 e. The normalized spacial score (nSPS) is 17.7. The van der Waals surface area contributed by atoms with E-state index < -0.39 is 10.0 Å². The van der Waals surface area contributed by atoms with Crippen molar-refractivity contribution in [2.24, 2.45) is 0 Å². The Labute approximate surface area is 172 Å². The van der Waals surface area contributed by atoms with E-state index in [1.807, 2.05) is 32.0 Å². The molecule has 0 unspecified atom stereocenters. The molecule has 1 aliphatic heterocycles. The maximum absolute atomic E-state index is 13.2. The van der Waals surface area contributed by atoms with Gasteiger partial charge in [0.15, 0.2) is 0 Å². The van der Waals surface area contributed by atoms with Gasteiger partial charge in [0.05, 0.1) is 12.0 Å². The zero-order chi connectivity index (χ0) is 21.0. The van der Waals surface area contributed by atoms with E-state index in [0.29, 0.717) is 18.7 Å². The molecule has 1 saturated heterocycles. The highest BCUT2D eigenvalue weighted by atomic mass is 32.2. The predicted molar refractivity (Wildman–Crippen MR) is 114 cm³/mol. The number of nitrogens with zero attached hydrogens (tertiary/aromatic N) is 1. The number of hydrogen-bond donors (Lipinski definition) is 1. The van der Waals surface area contributed by atoms with Gasteiger partial charge in [-0.1, -0.05) is 12.5 Å². The van der Waals surface area contributed by atoms with Gasteiger partial charge >= 0.3 is 0 Å². The molecule has 1 heterocycles. The molecule has 7 heteroatoms. The molecule has 0 bridgehead atoms. The molecule has 0 radical (unpaired) electrons. The van der Waals surface area contributed by atoms with E-state index in [1.165, 1.54) is 4.31 Å². The number of sulfonamides is 1. The summed E-state index contributed by atoms with van der Waals surface area (Å²) >= 11 is 0. The van der Waals surface area contributed by atoms with Gasteiger partial charge in [0.1, 0.15) is 5.75 Å². The lowest BCUT2D eigenvalue weighted by atomic mass is 10.0. The number of aryl methyl sites for hydroxylation is 2. The summed E-state index contributed by atoms with van der Waals surface area (Å²) in [5.41, 5.74) is 2.89. The van der Waals surface area contributed by atoms with Crippen LogP contribution in [0.5, 0.6) is 5.75 Å². The van der Waals surface area contributed by atoms with E-state index >= 15 is 0 Å². The van der Waals surface area contributed by atoms with E-state index in [-0.39, 0.29) is 23.3 Å². The Kier molecular flexibility index (Phi) is 6.59. The summed E-state index contributed by atoms with van der Waals surface area (Å²) in [5, 5.41) is 2.92. The van der Waals surface area contributed by atoms with Gasteiger partial charge in [0.25, 0.3) is 0 Å². The van der Waals surface area contributed by atoms with Crippen molar-refractivity contribution in [3.05, 3.63) is 53.6 Å². The predicted octanol–water partition coefficient (Wildman–Crippen LogP) is 3.88. The van der Waals surface area contributed by atoms with Crippen LogP contribution in [0.1, 0.15) is 36.8 Å². The van der Waals surface area contributed by atoms with Gasteiger partial charge in [-0.25, -0.2) is 8.42 Å². The van der Waals surface area contributed by atoms with Crippen LogP contribution in [-0.4, -0.2) is 38.3 Å². The smallest absolute Gasteiger partial charge is 0.243 e. The average Bonchev–Trinajstić information content (AvgIpc) is 2.67. The molecule has 0 saturated carbocycles. The SMILES string of the molecule is COc1ccc(S(=O)(=O)N2CCCC[C@H]2CC(=O)Nc2cc(C)cc(C)c2)cc1. The fourth-order valence-electron chi connectivity index (χ4n) is 3.85. The molecule has 1 atom stereocenters. The zero-order valence-electron chi connectivity index (χ0n) is 17.1. The van der Waals surface area contributed by atoms with Gasteiger partial charge in [0.2, 0.25) is 15.9 Å². The molecular weight excluding hydrogens is 388 g/mol. The number of carbonyl (C=O) groups excluding carboxylic acids is 1. The number of methoxy groups -OCH3 is 1. The third kappa shape index (κ3) is 5.16. The summed E-state index contributed by atoms with van der Waals surface area (Å²) in [6, 6.07) is 11.9. The first-order chi connectivity index (χ1) is 13.8. The molecule has 0 spiro atoms. The Morgan fingerprint density at radius 2 is 1.76 bits per heavy atom. The number of benzene rings is 2. The Hall–Kier alpha value is -2.38. The maximum atomic E-state index is 13.2. The summed E-state index contributed by atoms with van der Waals surface area (Å²) in [6.07, 6.45) is 2.53. The zero-order valence-corrected chi connectivity index (χ0v) is 18.0. The van der Waals surface area contributed by atoms with E-state index in [0.717, 1.165) is 29.7 Å². The number of hydrogen-bond acceptors (Lipinski definition) is 4. The van der Waals surface area contributed by atoms with Gasteiger partial charge in [0, 0.05) is 24.7 Å². The standard InChI is InChI=1S/C22H28N2O4S/c1-16-12-17(2)14-18(13-16)23-22(25)15-19-6-4-5-11-24(19)29(26,27)21-9-7-20(28-3)8-10-21/h7-10,12-14,19H,4-6,11,15H2,1-3H3,(H,23,25)/t19-/m0/s1. The molecule has 2 aromatic rings. The fraction of sp³-hybridized carbons (Fsp3) is 0.409. The first-order valence-corrected chi connectivity index (χ1v) is 11.3. The van der Waals surface area contributed by atoms with Gasteiger partial charge in [-0.05, 0) is 74.2 Å². The monoisotopic (exact) mass is 416 g/mol. The van der Waals surface area contributed by atoms with Crippen LogP contribution in [-0.2, 0) is 14.8 Å². The molecule has 1 N–H and O–H groups in total. The number of nitrogens with one attached hydrogen (secondary N) is 1. The summed E-state index contributed by atoms with van der Waals surface area (Å²) in [5.74, 6) is 0.434. The van der Waals surface area contributed by atoms with Crippen LogP contribution in [0.3, 0.4) is 0 Å². The van der Waals surface area contributed by atoms with Crippen LogP contribution in [0.25, 0.3) is 0 Å². The van der Waals surface area contributed by atoms with Crippen molar-refractivity contribution in [1.29, 1.82) is 0 Å². The molecule has 29 heavy (non-hydrogen) atoms. The van der Waals surface area contributed by atoms with Crippen LogP contribution in [0.15, 0.2) is 47.4 Å². The molecule has 1 fully saturated rings. The van der Waals surface area contributed by atoms with Crippen molar-refractivity contribution in [2.75, 3.05) is 19.0 Å². The van der Waals surface area contributed by atoms with Crippen LogP contribution < -0.4 is 10.1 Å². The number of piperidine rings is 1. The Morgan fingerprint density at radius 3 is 2.38 bits per heavy atom. The summed E-state index contributed by atoms with van der Waals surface area (Å²) in [6.45, 7) is 4.38. The van der Waals surface area contributed by atoms with Crippen molar-refractivity contribution in [2.45, 2.75) is 50.5 Å². The van der Waals surface area contributed by atoms with Crippen LogP contribution in [0.4, 0.5) is 5.69 Å². The van der Waals surface area contributed by atoms with Crippen molar-refractivity contribution >= 4 is 21.6 Å². The second kappa shape index (κ2) is 8.97. The lowest BCUT2D eigenvalue weighted by Gasteiger charge is -2.34. The summed E-state index contributed by atoms with van der Waals surface area (Å²) < 4.78 is 33.0. The van der Waals surface area contributed by atoms with E-state index in [1.54, 1.807) is 31.4 Å². The molecule has 2 aromatic carbocycles. The third-order valence-electron chi connectivity index (χ3n) is 5.17. The van der Waals surface area contributed by atoms with Crippen molar-refractivity contribution in [3.8, 4) is 5.75 Å². The van der Waals surface area contributed by atoms with Gasteiger partial charge < -0.3 is 10.1 Å². The second-order valence-corrected chi connectivity index (χ2v) is 9.46. The van der Waals surface area contributed by atoms with E-state index in [9.17, 15) is 13.2 Å². The number of amides is 1. The Balaban J connectivity index is 1.75. The summed E-state index contributed by atoms with van der Waals surface area (Å²) in [7, 11) is -2.13. The Bertz CT molecular complexity index is 951. The summed E-state index contributed by atoms with van der Waals surface area (Å²) in [4.78, 5) is 12.9. The molecule has 0 aliphatic carbocycles. The molecule has 156 valence electrons. The minimum absolute atomic E-state index is 0.141. The highest BCUT2D eigenvalue weighted by Crippen LogP contribution is 2.28. The first kappa shape index (κ1) is 21.3. The number of anilines is 1. The van der Waals surface area contributed by atoms with Crippen molar-refractivity contribution in [3.63, 3.8) is 0 Å². The minimum atomic E-state index is -3.67. The van der Waals surface area contributed by atoms with Gasteiger partial charge in [-0.3, -0.25) is 4.79 Å². The first-order valence-electron chi connectivity index (χ1n) is 9.83. The number of rotatable bonds is 6. The molecule has 3 rings (SSSR count). The van der Waals surface area contributed by atoms with Crippen LogP contribution >= 0.6 is 0 Å². The highest BCUT2D eigenvalue weighted by Gasteiger charge is 2.34. The lowest BCUT2D eigenvalue weighted by molar-refractivity contribution is -0.117. The van der Waals surface area contributed by atoms with Gasteiger partial charge in [-0.2, -0.15) is 4.31 Å². The van der Waals surface area contributed by atoms with Crippen LogP contribution in [0.2, 0.25) is 0 Å². The molecule has 1 amide bonds. The average molecular weight is 417 g/mol. The lowest BCUT2D eigenvalue weighted by Crippen LogP contribution is -2.45. The largest absolute Gasteiger partial charge is 0.497 e. The topological polar surface area (TPSA) is 75.7 Å². The van der Waals surface area contributed by atoms with E-state index in [4.69, 9.17) is 4.74 Å². The highest BCUT2D eigenvalue weighted by molar-refractivity contribution is 7.89. The molecule has 6 nitrogen and oxygen atoms in total. The number of carbonyl (C=O) groups is 1. The van der Waals surface area contributed by atoms with Crippen molar-refractivity contribution < 1.29 is 17.9 Å². The molecular formula is C22H28N2O4S.